The number of aryl methyl sites for hydroxylation is 1. The van der Waals surface area contributed by atoms with Crippen LogP contribution >= 0.6 is 0 Å². The van der Waals surface area contributed by atoms with Crippen molar-refractivity contribution in [1.82, 2.24) is 0 Å². The quantitative estimate of drug-likeness (QED) is 0.738. The topological polar surface area (TPSA) is 47.3 Å². The third kappa shape index (κ3) is 2.63. The van der Waals surface area contributed by atoms with Crippen molar-refractivity contribution in [2.24, 2.45) is 5.73 Å². The van der Waals surface area contributed by atoms with Gasteiger partial charge in [-0.25, -0.2) is 0 Å². The Morgan fingerprint density at radius 3 is 3.20 bits per heavy atom. The molecule has 0 aromatic heterocycles. The van der Waals surface area contributed by atoms with Gasteiger partial charge in [-0.15, -0.1) is 0 Å². The Morgan fingerprint density at radius 1 is 1.40 bits per heavy atom. The molecule has 0 aliphatic carbocycles. The van der Waals surface area contributed by atoms with E-state index in [9.17, 15) is 0 Å². The molecule has 0 radical (unpaired) electrons. The highest BCUT2D eigenvalue weighted by Gasteiger charge is 2.09. The molecule has 1 aliphatic heterocycles. The van der Waals surface area contributed by atoms with Gasteiger partial charge in [0.15, 0.2) is 0 Å². The lowest BCUT2D eigenvalue weighted by Gasteiger charge is -2.18. The largest absolute Gasteiger partial charge is 0.493 e. The second-order valence-corrected chi connectivity index (χ2v) is 3.84. The molecule has 2 rings (SSSR count). The van der Waals surface area contributed by atoms with Gasteiger partial charge in [-0.3, -0.25) is 0 Å². The molecular formula is C12H18N2O. The molecule has 0 saturated carbocycles. The molecule has 3 N–H and O–H groups in total. The van der Waals surface area contributed by atoms with Crippen LogP contribution in [0.25, 0.3) is 0 Å². The minimum absolute atomic E-state index is 0.737. The van der Waals surface area contributed by atoms with Gasteiger partial charge >= 0.3 is 0 Å². The number of rotatable bonds is 4. The summed E-state index contributed by atoms with van der Waals surface area (Å²) in [6.07, 6.45) is 3.26. The number of nitrogens with two attached hydrogens (primary N) is 1. The number of ether oxygens (including phenoxy) is 1. The lowest BCUT2D eigenvalue weighted by molar-refractivity contribution is 0.288. The Morgan fingerprint density at radius 2 is 2.33 bits per heavy atom. The summed E-state index contributed by atoms with van der Waals surface area (Å²) in [5.74, 6) is 1.05. The molecule has 0 unspecified atom stereocenters. The first-order chi connectivity index (χ1) is 7.40. The summed E-state index contributed by atoms with van der Waals surface area (Å²) < 4.78 is 5.56. The van der Waals surface area contributed by atoms with Crippen molar-refractivity contribution < 1.29 is 4.74 Å². The van der Waals surface area contributed by atoms with Crippen molar-refractivity contribution in [3.05, 3.63) is 23.8 Å². The first kappa shape index (κ1) is 10.3. The highest BCUT2D eigenvalue weighted by Crippen LogP contribution is 2.27. The summed E-state index contributed by atoms with van der Waals surface area (Å²) in [5, 5.41) is 3.36. The first-order valence-electron chi connectivity index (χ1n) is 5.60. The van der Waals surface area contributed by atoms with E-state index in [0.29, 0.717) is 0 Å². The summed E-state index contributed by atoms with van der Waals surface area (Å²) in [4.78, 5) is 0. The minimum Gasteiger partial charge on any atom is -0.493 e. The van der Waals surface area contributed by atoms with Crippen LogP contribution in [0.1, 0.15) is 18.4 Å². The third-order valence-corrected chi connectivity index (χ3v) is 2.62. The average molecular weight is 206 g/mol. The second kappa shape index (κ2) is 5.03. The lowest BCUT2D eigenvalue weighted by Crippen LogP contribution is -2.11. The SMILES string of the molecule is NCCCNc1ccc2c(c1)CCCO2. The van der Waals surface area contributed by atoms with Crippen molar-refractivity contribution in [2.45, 2.75) is 19.3 Å². The molecule has 15 heavy (non-hydrogen) atoms. The third-order valence-electron chi connectivity index (χ3n) is 2.62. The number of nitrogens with one attached hydrogen (secondary N) is 1. The van der Waals surface area contributed by atoms with Crippen molar-refractivity contribution in [2.75, 3.05) is 25.0 Å². The Balaban J connectivity index is 2.00. The Labute approximate surface area is 90.6 Å². The molecular weight excluding hydrogens is 188 g/mol. The molecule has 0 atom stereocenters. The van der Waals surface area contributed by atoms with Crippen LogP contribution in [0.2, 0.25) is 0 Å². The first-order valence-corrected chi connectivity index (χ1v) is 5.60. The molecule has 0 fully saturated rings. The molecule has 0 spiro atoms. The number of fused-ring (bicyclic) bond motifs is 1. The van der Waals surface area contributed by atoms with Crippen LogP contribution in [0.5, 0.6) is 5.75 Å². The van der Waals surface area contributed by atoms with Gasteiger partial charge < -0.3 is 15.8 Å². The molecule has 0 bridgehead atoms. The monoisotopic (exact) mass is 206 g/mol. The van der Waals surface area contributed by atoms with Crippen LogP contribution in [0.4, 0.5) is 5.69 Å². The molecule has 0 amide bonds. The van der Waals surface area contributed by atoms with Gasteiger partial charge in [0.25, 0.3) is 0 Å². The standard InChI is InChI=1S/C12H18N2O/c13-6-2-7-14-11-4-5-12-10(9-11)3-1-8-15-12/h4-5,9,14H,1-3,6-8,13H2. The van der Waals surface area contributed by atoms with E-state index in [2.05, 4.69) is 23.5 Å². The highest BCUT2D eigenvalue weighted by atomic mass is 16.5. The van der Waals surface area contributed by atoms with E-state index in [1.54, 1.807) is 0 Å². The summed E-state index contributed by atoms with van der Waals surface area (Å²) in [7, 11) is 0. The van der Waals surface area contributed by atoms with Gasteiger partial charge in [0.2, 0.25) is 0 Å². The van der Waals surface area contributed by atoms with E-state index < -0.39 is 0 Å². The zero-order chi connectivity index (χ0) is 10.5. The fourth-order valence-corrected chi connectivity index (χ4v) is 1.81. The fourth-order valence-electron chi connectivity index (χ4n) is 1.81. The summed E-state index contributed by atoms with van der Waals surface area (Å²) in [5.41, 5.74) is 7.94. The number of benzene rings is 1. The van der Waals surface area contributed by atoms with E-state index in [4.69, 9.17) is 10.5 Å². The fraction of sp³-hybridized carbons (Fsp3) is 0.500. The maximum absolute atomic E-state index is 5.56. The minimum atomic E-state index is 0.737. The van der Waals surface area contributed by atoms with Crippen molar-refractivity contribution >= 4 is 5.69 Å². The van der Waals surface area contributed by atoms with Crippen molar-refractivity contribution in [1.29, 1.82) is 0 Å². The van der Waals surface area contributed by atoms with Gasteiger partial charge in [0, 0.05) is 12.2 Å². The average Bonchev–Trinajstić information content (AvgIpc) is 2.29. The van der Waals surface area contributed by atoms with Gasteiger partial charge in [-0.05, 0) is 49.6 Å². The van der Waals surface area contributed by atoms with Crippen LogP contribution in [0.15, 0.2) is 18.2 Å². The predicted molar refractivity (Wildman–Crippen MR) is 62.4 cm³/mol. The van der Waals surface area contributed by atoms with Crippen molar-refractivity contribution in [3.63, 3.8) is 0 Å². The van der Waals surface area contributed by atoms with Crippen LogP contribution in [0, 0.1) is 0 Å². The van der Waals surface area contributed by atoms with Crippen LogP contribution in [-0.4, -0.2) is 19.7 Å². The highest BCUT2D eigenvalue weighted by molar-refractivity contribution is 5.51. The van der Waals surface area contributed by atoms with Gasteiger partial charge in [-0.1, -0.05) is 0 Å². The summed E-state index contributed by atoms with van der Waals surface area (Å²) in [6, 6.07) is 6.31. The Hall–Kier alpha value is -1.22. The van der Waals surface area contributed by atoms with Crippen LogP contribution < -0.4 is 15.8 Å². The number of hydrogen-bond acceptors (Lipinski definition) is 3. The molecule has 1 aromatic rings. The van der Waals surface area contributed by atoms with E-state index in [1.165, 1.54) is 11.3 Å². The second-order valence-electron chi connectivity index (χ2n) is 3.84. The zero-order valence-electron chi connectivity index (χ0n) is 8.96. The summed E-state index contributed by atoms with van der Waals surface area (Å²) in [6.45, 7) is 2.53. The maximum Gasteiger partial charge on any atom is 0.122 e. The van der Waals surface area contributed by atoms with Crippen molar-refractivity contribution in [3.8, 4) is 5.75 Å². The van der Waals surface area contributed by atoms with E-state index in [-0.39, 0.29) is 0 Å². The molecule has 82 valence electrons. The lowest BCUT2D eigenvalue weighted by atomic mass is 10.1. The maximum atomic E-state index is 5.56. The van der Waals surface area contributed by atoms with Crippen LogP contribution in [-0.2, 0) is 6.42 Å². The molecule has 3 heteroatoms. The normalized spacial score (nSPS) is 14.2. The van der Waals surface area contributed by atoms with E-state index in [1.807, 2.05) is 0 Å². The van der Waals surface area contributed by atoms with Gasteiger partial charge in [0.1, 0.15) is 5.75 Å². The van der Waals surface area contributed by atoms with Gasteiger partial charge in [0.05, 0.1) is 6.61 Å². The molecule has 1 heterocycles. The molecule has 1 aliphatic rings. The van der Waals surface area contributed by atoms with Crippen LogP contribution in [0.3, 0.4) is 0 Å². The van der Waals surface area contributed by atoms with E-state index in [0.717, 1.165) is 44.7 Å². The molecule has 3 nitrogen and oxygen atoms in total. The smallest absolute Gasteiger partial charge is 0.122 e. The number of hydrogen-bond donors (Lipinski definition) is 2. The Bertz CT molecular complexity index is 325. The van der Waals surface area contributed by atoms with E-state index >= 15 is 0 Å². The number of anilines is 1. The molecule has 0 saturated heterocycles. The zero-order valence-corrected chi connectivity index (χ0v) is 8.96. The molecule has 1 aromatic carbocycles. The predicted octanol–water partition coefficient (Wildman–Crippen LogP) is 1.77. The Kier molecular flexibility index (Phi) is 3.45. The van der Waals surface area contributed by atoms with Gasteiger partial charge in [-0.2, -0.15) is 0 Å². The summed E-state index contributed by atoms with van der Waals surface area (Å²) >= 11 is 0.